The Morgan fingerprint density at radius 1 is 0.466 bits per heavy atom. The van der Waals surface area contributed by atoms with Crippen LogP contribution in [0, 0.1) is 0 Å². The number of hydrogen-bond donors (Lipinski definition) is 1. The number of rotatable bonds is 46. The molecule has 10 heteroatoms. The molecule has 0 bridgehead atoms. The van der Waals surface area contributed by atoms with E-state index in [0.717, 1.165) is 38.5 Å². The molecule has 0 saturated carbocycles. The predicted octanol–water partition coefficient (Wildman–Crippen LogP) is 14.4. The van der Waals surface area contributed by atoms with Crippen LogP contribution < -0.4 is 0 Å². The van der Waals surface area contributed by atoms with E-state index in [-0.39, 0.29) is 25.6 Å². The standard InChI is InChI=1S/C48H96NO8P/c1-6-8-10-12-14-16-18-20-21-22-23-24-25-26-27-29-30-32-34-36-38-40-47(50)54-44-46(45-56-58(52,53)55-43-42-49(3,4)5)57-48(51)41-39-37-35-33-31-28-19-17-15-13-11-9-7-2/h46H,6-45H2,1-5H3/p+1/t46-/m1/s1. The van der Waals surface area contributed by atoms with Gasteiger partial charge in [-0.15, -0.1) is 0 Å². The number of likely N-dealkylation sites (N-methyl/N-ethyl adjacent to an activating group) is 1. The summed E-state index contributed by atoms with van der Waals surface area (Å²) in [5.74, 6) is -0.780. The summed E-state index contributed by atoms with van der Waals surface area (Å²) in [5, 5.41) is 0. The smallest absolute Gasteiger partial charge is 0.462 e. The number of nitrogens with zero attached hydrogens (tertiary/aromatic N) is 1. The first-order valence-corrected chi connectivity index (χ1v) is 26.3. The molecule has 0 heterocycles. The third-order valence-electron chi connectivity index (χ3n) is 11.1. The minimum absolute atomic E-state index is 0.0370. The van der Waals surface area contributed by atoms with Crippen molar-refractivity contribution in [2.24, 2.45) is 0 Å². The summed E-state index contributed by atoms with van der Waals surface area (Å²) in [6, 6.07) is 0. The van der Waals surface area contributed by atoms with Crippen LogP contribution in [0.1, 0.15) is 245 Å². The molecule has 1 unspecified atom stereocenters. The van der Waals surface area contributed by atoms with Crippen molar-refractivity contribution >= 4 is 19.8 Å². The van der Waals surface area contributed by atoms with Crippen molar-refractivity contribution in [3.63, 3.8) is 0 Å². The van der Waals surface area contributed by atoms with Gasteiger partial charge in [-0.25, -0.2) is 4.57 Å². The van der Waals surface area contributed by atoms with E-state index < -0.39 is 26.5 Å². The van der Waals surface area contributed by atoms with Gasteiger partial charge in [0.25, 0.3) is 0 Å². The zero-order valence-electron chi connectivity index (χ0n) is 39.1. The fourth-order valence-electron chi connectivity index (χ4n) is 7.25. The van der Waals surface area contributed by atoms with Crippen LogP contribution in [0.3, 0.4) is 0 Å². The summed E-state index contributed by atoms with van der Waals surface area (Å²) in [6.07, 6.45) is 42.9. The Morgan fingerprint density at radius 2 is 0.776 bits per heavy atom. The maximum atomic E-state index is 12.7. The molecule has 0 amide bonds. The van der Waals surface area contributed by atoms with E-state index in [2.05, 4.69) is 13.8 Å². The van der Waals surface area contributed by atoms with Crippen molar-refractivity contribution in [2.45, 2.75) is 251 Å². The van der Waals surface area contributed by atoms with Crippen molar-refractivity contribution in [1.82, 2.24) is 0 Å². The molecule has 0 aliphatic rings. The van der Waals surface area contributed by atoms with Gasteiger partial charge >= 0.3 is 19.8 Å². The molecule has 346 valence electrons. The van der Waals surface area contributed by atoms with E-state index in [4.69, 9.17) is 18.5 Å². The zero-order valence-corrected chi connectivity index (χ0v) is 40.0. The molecule has 0 aliphatic heterocycles. The molecule has 58 heavy (non-hydrogen) atoms. The minimum Gasteiger partial charge on any atom is -0.462 e. The van der Waals surface area contributed by atoms with Crippen LogP contribution in [0.4, 0.5) is 0 Å². The Labute approximate surface area is 359 Å². The number of hydrogen-bond acceptors (Lipinski definition) is 7. The topological polar surface area (TPSA) is 108 Å². The third kappa shape index (κ3) is 44.6. The van der Waals surface area contributed by atoms with Crippen LogP contribution in [-0.2, 0) is 32.7 Å². The summed E-state index contributed by atoms with van der Waals surface area (Å²) in [7, 11) is 1.50. The second kappa shape index (κ2) is 41.4. The highest BCUT2D eigenvalue weighted by atomic mass is 31.2. The van der Waals surface area contributed by atoms with Gasteiger partial charge in [-0.1, -0.05) is 219 Å². The van der Waals surface area contributed by atoms with E-state index in [0.29, 0.717) is 17.4 Å². The molecule has 0 fully saturated rings. The number of carbonyl (C=O) groups is 2. The molecule has 0 aromatic rings. The van der Waals surface area contributed by atoms with Gasteiger partial charge in [-0.2, -0.15) is 0 Å². The molecule has 0 radical (unpaired) electrons. The number of phosphoric acid groups is 1. The van der Waals surface area contributed by atoms with Crippen molar-refractivity contribution in [3.05, 3.63) is 0 Å². The number of esters is 2. The average molecular weight is 847 g/mol. The SMILES string of the molecule is CCCCCCCCCCCCCCCCCCCCCCCC(=O)OC[C@H](COP(=O)(O)OCC[N+](C)(C)C)OC(=O)CCCCCCCCCCCCCCC. The molecule has 0 aromatic heterocycles. The van der Waals surface area contributed by atoms with E-state index >= 15 is 0 Å². The lowest BCUT2D eigenvalue weighted by Gasteiger charge is -2.24. The monoisotopic (exact) mass is 847 g/mol. The summed E-state index contributed by atoms with van der Waals surface area (Å²) in [6.45, 7) is 4.47. The van der Waals surface area contributed by atoms with Crippen LogP contribution in [0.2, 0.25) is 0 Å². The predicted molar refractivity (Wildman–Crippen MR) is 243 cm³/mol. The molecule has 2 atom stereocenters. The maximum absolute atomic E-state index is 12.7. The largest absolute Gasteiger partial charge is 0.472 e. The molecule has 0 saturated heterocycles. The minimum atomic E-state index is -4.37. The van der Waals surface area contributed by atoms with Crippen LogP contribution in [0.15, 0.2) is 0 Å². The molecule has 0 rings (SSSR count). The Balaban J connectivity index is 4.17. The second-order valence-electron chi connectivity index (χ2n) is 18.2. The number of unbranched alkanes of at least 4 members (excludes halogenated alkanes) is 32. The first-order chi connectivity index (χ1) is 28.0. The lowest BCUT2D eigenvalue weighted by Crippen LogP contribution is -2.37. The van der Waals surface area contributed by atoms with E-state index in [1.807, 2.05) is 21.1 Å². The van der Waals surface area contributed by atoms with Crippen LogP contribution >= 0.6 is 7.82 Å². The highest BCUT2D eigenvalue weighted by Crippen LogP contribution is 2.43. The first-order valence-electron chi connectivity index (χ1n) is 24.8. The number of ether oxygens (including phenoxy) is 2. The Bertz CT molecular complexity index is 958. The normalized spacial score (nSPS) is 13.4. The van der Waals surface area contributed by atoms with Gasteiger partial charge in [0.2, 0.25) is 0 Å². The molecule has 0 aliphatic carbocycles. The highest BCUT2D eigenvalue weighted by Gasteiger charge is 2.27. The van der Waals surface area contributed by atoms with Gasteiger partial charge in [0, 0.05) is 12.8 Å². The van der Waals surface area contributed by atoms with Crippen LogP contribution in [0.25, 0.3) is 0 Å². The number of phosphoric ester groups is 1. The number of quaternary nitrogens is 1. The zero-order chi connectivity index (χ0) is 42.8. The molecule has 0 aromatic carbocycles. The summed E-state index contributed by atoms with van der Waals surface area (Å²) >= 11 is 0. The van der Waals surface area contributed by atoms with Gasteiger partial charge in [-0.05, 0) is 12.8 Å². The van der Waals surface area contributed by atoms with Crippen molar-refractivity contribution in [3.8, 4) is 0 Å². The van der Waals surface area contributed by atoms with Gasteiger partial charge in [-0.3, -0.25) is 18.6 Å². The lowest BCUT2D eigenvalue weighted by atomic mass is 10.0. The Kier molecular flexibility index (Phi) is 40.7. The summed E-state index contributed by atoms with van der Waals surface area (Å²) < 4.78 is 34.4. The summed E-state index contributed by atoms with van der Waals surface area (Å²) in [4.78, 5) is 35.4. The first kappa shape index (κ1) is 57.0. The quantitative estimate of drug-likeness (QED) is 0.0279. The van der Waals surface area contributed by atoms with Crippen LogP contribution in [0.5, 0.6) is 0 Å². The van der Waals surface area contributed by atoms with Crippen molar-refractivity contribution < 1.29 is 42.1 Å². The van der Waals surface area contributed by atoms with Crippen LogP contribution in [-0.4, -0.2) is 74.9 Å². The molecule has 1 N–H and O–H groups in total. The number of carbonyl (C=O) groups excluding carboxylic acids is 2. The van der Waals surface area contributed by atoms with Crippen molar-refractivity contribution in [2.75, 3.05) is 47.5 Å². The van der Waals surface area contributed by atoms with E-state index in [1.54, 1.807) is 0 Å². The van der Waals surface area contributed by atoms with E-state index in [9.17, 15) is 19.0 Å². The molecule has 9 nitrogen and oxygen atoms in total. The highest BCUT2D eigenvalue weighted by molar-refractivity contribution is 7.47. The Morgan fingerprint density at radius 3 is 1.10 bits per heavy atom. The van der Waals surface area contributed by atoms with Gasteiger partial charge in [0.15, 0.2) is 6.10 Å². The summed E-state index contributed by atoms with van der Waals surface area (Å²) in [5.41, 5.74) is 0. The van der Waals surface area contributed by atoms with E-state index in [1.165, 1.54) is 180 Å². The molecular weight excluding hydrogens is 750 g/mol. The molecular formula is C48H97NO8P+. The lowest BCUT2D eigenvalue weighted by molar-refractivity contribution is -0.870. The van der Waals surface area contributed by atoms with Gasteiger partial charge in [0.05, 0.1) is 27.7 Å². The fourth-order valence-corrected chi connectivity index (χ4v) is 7.99. The third-order valence-corrected chi connectivity index (χ3v) is 12.1. The van der Waals surface area contributed by atoms with Gasteiger partial charge in [0.1, 0.15) is 19.8 Å². The van der Waals surface area contributed by atoms with Crippen molar-refractivity contribution in [1.29, 1.82) is 0 Å². The average Bonchev–Trinajstić information content (AvgIpc) is 3.17. The Hall–Kier alpha value is -0.990. The molecule has 0 spiro atoms. The second-order valence-corrected chi connectivity index (χ2v) is 19.7. The maximum Gasteiger partial charge on any atom is 0.472 e. The fraction of sp³-hybridized carbons (Fsp3) is 0.958. The van der Waals surface area contributed by atoms with Gasteiger partial charge < -0.3 is 18.9 Å².